The standard InChI is InChI=1S/C19H17N7OS2/c1-12(14-6-5-7-15(10-14)26-11-20-24-25-26)22-23-18(27)13(2)28-19-21-16-8-3-4-9-17(16)29-19/h3-11,13H,1-2H3,(H,23,27)/b22-12+. The zero-order chi connectivity index (χ0) is 20.2. The van der Waals surface area contributed by atoms with E-state index in [-0.39, 0.29) is 11.2 Å². The van der Waals surface area contributed by atoms with Crippen LogP contribution in [0.1, 0.15) is 19.4 Å². The molecule has 29 heavy (non-hydrogen) atoms. The summed E-state index contributed by atoms with van der Waals surface area (Å²) < 4.78 is 3.54. The highest BCUT2D eigenvalue weighted by atomic mass is 32.2. The van der Waals surface area contributed by atoms with Gasteiger partial charge in [-0.1, -0.05) is 36.0 Å². The maximum Gasteiger partial charge on any atom is 0.253 e. The number of hydrogen-bond donors (Lipinski definition) is 1. The number of aromatic nitrogens is 5. The average molecular weight is 424 g/mol. The van der Waals surface area contributed by atoms with E-state index in [9.17, 15) is 4.79 Å². The van der Waals surface area contributed by atoms with Gasteiger partial charge in [0, 0.05) is 0 Å². The zero-order valence-corrected chi connectivity index (χ0v) is 17.3. The molecule has 0 aliphatic rings. The first-order valence-electron chi connectivity index (χ1n) is 8.80. The van der Waals surface area contributed by atoms with Crippen LogP contribution in [0.5, 0.6) is 0 Å². The van der Waals surface area contributed by atoms with E-state index in [1.807, 2.05) is 62.4 Å². The Morgan fingerprint density at radius 1 is 1.24 bits per heavy atom. The lowest BCUT2D eigenvalue weighted by Gasteiger charge is -2.08. The Labute approximate surface area is 175 Å². The van der Waals surface area contributed by atoms with Crippen LogP contribution >= 0.6 is 23.1 Å². The minimum Gasteiger partial charge on any atom is -0.272 e. The molecular formula is C19H17N7OS2. The molecule has 1 atom stereocenters. The highest BCUT2D eigenvalue weighted by Crippen LogP contribution is 2.31. The van der Waals surface area contributed by atoms with Gasteiger partial charge in [-0.2, -0.15) is 5.10 Å². The molecule has 10 heteroatoms. The monoisotopic (exact) mass is 423 g/mol. The number of thiazole rings is 1. The number of benzene rings is 2. The van der Waals surface area contributed by atoms with Gasteiger partial charge in [-0.25, -0.2) is 15.1 Å². The maximum absolute atomic E-state index is 12.5. The number of hydrazone groups is 1. The summed E-state index contributed by atoms with van der Waals surface area (Å²) in [4.78, 5) is 17.0. The summed E-state index contributed by atoms with van der Waals surface area (Å²) in [6.07, 6.45) is 1.52. The molecule has 1 unspecified atom stereocenters. The number of rotatable bonds is 6. The van der Waals surface area contributed by atoms with Crippen molar-refractivity contribution in [3.05, 3.63) is 60.4 Å². The molecule has 4 aromatic rings. The first kappa shape index (κ1) is 19.2. The number of nitrogens with one attached hydrogen (secondary N) is 1. The summed E-state index contributed by atoms with van der Waals surface area (Å²) in [5.41, 5.74) is 5.96. The number of nitrogens with zero attached hydrogens (tertiary/aromatic N) is 6. The van der Waals surface area contributed by atoms with E-state index in [0.717, 1.165) is 25.8 Å². The lowest BCUT2D eigenvalue weighted by Crippen LogP contribution is -2.27. The summed E-state index contributed by atoms with van der Waals surface area (Å²) >= 11 is 3.01. The van der Waals surface area contributed by atoms with Crippen LogP contribution in [0, 0.1) is 0 Å². The Balaban J connectivity index is 1.41. The lowest BCUT2D eigenvalue weighted by atomic mass is 10.1. The zero-order valence-electron chi connectivity index (χ0n) is 15.7. The highest BCUT2D eigenvalue weighted by Gasteiger charge is 2.16. The van der Waals surface area contributed by atoms with Gasteiger partial charge in [0.05, 0.1) is 26.9 Å². The van der Waals surface area contributed by atoms with E-state index in [0.29, 0.717) is 5.71 Å². The molecule has 8 nitrogen and oxygen atoms in total. The third-order valence-corrected chi connectivity index (χ3v) is 6.36. The van der Waals surface area contributed by atoms with E-state index in [1.165, 1.54) is 18.1 Å². The summed E-state index contributed by atoms with van der Waals surface area (Å²) in [5.74, 6) is -0.176. The second-order valence-electron chi connectivity index (χ2n) is 6.19. The summed E-state index contributed by atoms with van der Waals surface area (Å²) in [6, 6.07) is 15.5. The Morgan fingerprint density at radius 2 is 2.10 bits per heavy atom. The minimum absolute atomic E-state index is 0.176. The van der Waals surface area contributed by atoms with Crippen molar-refractivity contribution in [1.29, 1.82) is 0 Å². The topological polar surface area (TPSA) is 98.0 Å². The normalized spacial score (nSPS) is 12.8. The van der Waals surface area contributed by atoms with E-state index < -0.39 is 0 Å². The van der Waals surface area contributed by atoms with Gasteiger partial charge in [-0.3, -0.25) is 4.79 Å². The van der Waals surface area contributed by atoms with Gasteiger partial charge in [0.1, 0.15) is 6.33 Å². The smallest absolute Gasteiger partial charge is 0.253 e. The van der Waals surface area contributed by atoms with Crippen LogP contribution in [-0.4, -0.2) is 42.1 Å². The molecular weight excluding hydrogens is 406 g/mol. The third-order valence-electron chi connectivity index (χ3n) is 4.13. The van der Waals surface area contributed by atoms with Gasteiger partial charge in [-0.15, -0.1) is 16.4 Å². The van der Waals surface area contributed by atoms with Crippen LogP contribution in [-0.2, 0) is 4.79 Å². The second kappa shape index (κ2) is 8.50. The predicted molar refractivity (Wildman–Crippen MR) is 114 cm³/mol. The number of para-hydroxylation sites is 1. The Morgan fingerprint density at radius 3 is 2.90 bits per heavy atom. The molecule has 0 radical (unpaired) electrons. The number of amides is 1. The van der Waals surface area contributed by atoms with Crippen molar-refractivity contribution in [2.24, 2.45) is 5.10 Å². The molecule has 0 aliphatic heterocycles. The van der Waals surface area contributed by atoms with Crippen LogP contribution in [0.25, 0.3) is 15.9 Å². The predicted octanol–water partition coefficient (Wildman–Crippen LogP) is 3.29. The van der Waals surface area contributed by atoms with Gasteiger partial charge < -0.3 is 0 Å². The molecule has 2 aromatic carbocycles. The van der Waals surface area contributed by atoms with Crippen molar-refractivity contribution in [2.75, 3.05) is 0 Å². The average Bonchev–Trinajstić information content (AvgIpc) is 3.41. The molecule has 1 amide bonds. The highest BCUT2D eigenvalue weighted by molar-refractivity contribution is 8.02. The number of thioether (sulfide) groups is 1. The van der Waals surface area contributed by atoms with Crippen LogP contribution in [0.15, 0.2) is 64.3 Å². The Bertz CT molecular complexity index is 1140. The molecule has 2 aromatic heterocycles. The van der Waals surface area contributed by atoms with Crippen LogP contribution in [0.3, 0.4) is 0 Å². The lowest BCUT2D eigenvalue weighted by molar-refractivity contribution is -0.120. The molecule has 146 valence electrons. The quantitative estimate of drug-likeness (QED) is 0.290. The number of tetrazole rings is 1. The number of hydrogen-bond acceptors (Lipinski definition) is 8. The fraction of sp³-hybridized carbons (Fsp3) is 0.158. The first-order valence-corrected chi connectivity index (χ1v) is 10.5. The van der Waals surface area contributed by atoms with Crippen LogP contribution in [0.4, 0.5) is 0 Å². The molecule has 0 spiro atoms. The fourth-order valence-corrected chi connectivity index (χ4v) is 4.76. The largest absolute Gasteiger partial charge is 0.272 e. The van der Waals surface area contributed by atoms with Crippen molar-refractivity contribution < 1.29 is 4.79 Å². The summed E-state index contributed by atoms with van der Waals surface area (Å²) in [5, 5.41) is 15.1. The first-order chi connectivity index (χ1) is 14.1. The molecule has 0 aliphatic carbocycles. The van der Waals surface area contributed by atoms with E-state index in [2.05, 4.69) is 31.0 Å². The van der Waals surface area contributed by atoms with Crippen LogP contribution in [0.2, 0.25) is 0 Å². The van der Waals surface area contributed by atoms with Crippen molar-refractivity contribution >= 4 is 44.9 Å². The van der Waals surface area contributed by atoms with E-state index >= 15 is 0 Å². The SMILES string of the molecule is C/C(=N\NC(=O)C(C)Sc1nc2ccccc2s1)c1cccc(-n2cnnn2)c1. The van der Waals surface area contributed by atoms with Gasteiger partial charge in [-0.05, 0) is 54.1 Å². The molecule has 1 N–H and O–H groups in total. The van der Waals surface area contributed by atoms with Gasteiger partial charge in [0.25, 0.3) is 5.91 Å². The molecule has 2 heterocycles. The summed E-state index contributed by atoms with van der Waals surface area (Å²) in [6.45, 7) is 3.68. The van der Waals surface area contributed by atoms with Crippen LogP contribution < -0.4 is 5.43 Å². The van der Waals surface area contributed by atoms with E-state index in [1.54, 1.807) is 16.0 Å². The minimum atomic E-state index is -0.320. The third kappa shape index (κ3) is 4.49. The van der Waals surface area contributed by atoms with E-state index in [4.69, 9.17) is 0 Å². The van der Waals surface area contributed by atoms with Crippen molar-refractivity contribution in [3.8, 4) is 5.69 Å². The van der Waals surface area contributed by atoms with Crippen molar-refractivity contribution in [3.63, 3.8) is 0 Å². The Kier molecular flexibility index (Phi) is 5.63. The molecule has 0 bridgehead atoms. The number of carbonyl (C=O) groups excluding carboxylic acids is 1. The van der Waals surface area contributed by atoms with Crippen molar-refractivity contribution in [2.45, 2.75) is 23.4 Å². The summed E-state index contributed by atoms with van der Waals surface area (Å²) in [7, 11) is 0. The number of carbonyl (C=O) groups is 1. The number of fused-ring (bicyclic) bond motifs is 1. The second-order valence-corrected chi connectivity index (χ2v) is 8.80. The fourth-order valence-electron chi connectivity index (χ4n) is 2.55. The van der Waals surface area contributed by atoms with Gasteiger partial charge in [0.2, 0.25) is 0 Å². The van der Waals surface area contributed by atoms with Gasteiger partial charge in [0.15, 0.2) is 4.34 Å². The molecule has 0 saturated carbocycles. The van der Waals surface area contributed by atoms with Crippen molar-refractivity contribution in [1.82, 2.24) is 30.6 Å². The Hall–Kier alpha value is -3.11. The molecule has 0 fully saturated rings. The van der Waals surface area contributed by atoms with Gasteiger partial charge >= 0.3 is 0 Å². The maximum atomic E-state index is 12.5. The molecule has 0 saturated heterocycles. The molecule has 4 rings (SSSR count).